The third kappa shape index (κ3) is 4.73. The van der Waals surface area contributed by atoms with Crippen molar-refractivity contribution in [3.05, 3.63) is 29.8 Å². The van der Waals surface area contributed by atoms with Crippen LogP contribution in [0.3, 0.4) is 0 Å². The molecule has 1 aliphatic heterocycles. The molecule has 0 saturated carbocycles. The lowest BCUT2D eigenvalue weighted by atomic mass is 9.96. The lowest BCUT2D eigenvalue weighted by Crippen LogP contribution is -2.46. The van der Waals surface area contributed by atoms with Crippen LogP contribution in [0.15, 0.2) is 24.3 Å². The molecule has 1 aliphatic rings. The second kappa shape index (κ2) is 8.18. The molecular weight excluding hydrogens is 302 g/mol. The van der Waals surface area contributed by atoms with E-state index in [2.05, 4.69) is 5.32 Å². The van der Waals surface area contributed by atoms with E-state index in [0.717, 1.165) is 30.6 Å². The van der Waals surface area contributed by atoms with E-state index in [-0.39, 0.29) is 23.7 Å². The van der Waals surface area contributed by atoms with Crippen molar-refractivity contribution >= 4 is 17.5 Å². The fourth-order valence-electron chi connectivity index (χ4n) is 3.00. The average Bonchev–Trinajstić information content (AvgIpc) is 2.59. The molecule has 132 valence electrons. The van der Waals surface area contributed by atoms with Crippen LogP contribution in [0.1, 0.15) is 32.3 Å². The highest BCUT2D eigenvalue weighted by Crippen LogP contribution is 2.19. The average molecular weight is 331 g/mol. The summed E-state index contributed by atoms with van der Waals surface area (Å²) >= 11 is 0. The van der Waals surface area contributed by atoms with E-state index < -0.39 is 0 Å². The summed E-state index contributed by atoms with van der Waals surface area (Å²) in [6, 6.07) is 8.16. The molecule has 1 atom stereocenters. The monoisotopic (exact) mass is 331 g/mol. The van der Waals surface area contributed by atoms with Gasteiger partial charge in [0.05, 0.1) is 5.92 Å². The van der Waals surface area contributed by atoms with Gasteiger partial charge in [0, 0.05) is 45.3 Å². The van der Waals surface area contributed by atoms with Crippen molar-refractivity contribution in [1.82, 2.24) is 10.2 Å². The molecule has 2 amide bonds. The van der Waals surface area contributed by atoms with Gasteiger partial charge in [0.2, 0.25) is 11.8 Å². The minimum absolute atomic E-state index is 0.0120. The van der Waals surface area contributed by atoms with Gasteiger partial charge < -0.3 is 15.1 Å². The molecule has 1 aromatic carbocycles. The molecule has 0 aliphatic carbocycles. The van der Waals surface area contributed by atoms with Crippen LogP contribution in [-0.4, -0.2) is 43.9 Å². The van der Waals surface area contributed by atoms with Crippen LogP contribution < -0.4 is 10.2 Å². The number of benzene rings is 1. The molecular formula is C19H29N3O2. The quantitative estimate of drug-likeness (QED) is 0.900. The van der Waals surface area contributed by atoms with Gasteiger partial charge in [0.1, 0.15) is 0 Å². The maximum Gasteiger partial charge on any atom is 0.225 e. The maximum absolute atomic E-state index is 12.4. The standard InChI is InChI=1S/C19H29N3O2/c1-14(2)19(24)22-11-5-6-16(13-22)18(23)20-12-15-7-9-17(10-8-15)21(3)4/h7-10,14,16H,5-6,11-13H2,1-4H3,(H,20,23)/t16-/m1/s1. The van der Waals surface area contributed by atoms with Crippen LogP contribution in [0.5, 0.6) is 0 Å². The van der Waals surface area contributed by atoms with Crippen LogP contribution in [0.4, 0.5) is 5.69 Å². The first kappa shape index (κ1) is 18.3. The lowest BCUT2D eigenvalue weighted by Gasteiger charge is -2.33. The Balaban J connectivity index is 1.86. The van der Waals surface area contributed by atoms with Gasteiger partial charge in [-0.25, -0.2) is 0 Å². The second-order valence-electron chi connectivity index (χ2n) is 7.06. The van der Waals surface area contributed by atoms with Crippen molar-refractivity contribution in [1.29, 1.82) is 0 Å². The molecule has 24 heavy (non-hydrogen) atoms. The Kier molecular flexibility index (Phi) is 6.23. The van der Waals surface area contributed by atoms with E-state index in [9.17, 15) is 9.59 Å². The Morgan fingerprint density at radius 2 is 1.92 bits per heavy atom. The van der Waals surface area contributed by atoms with Gasteiger partial charge in [-0.15, -0.1) is 0 Å². The van der Waals surface area contributed by atoms with Gasteiger partial charge in [-0.1, -0.05) is 26.0 Å². The van der Waals surface area contributed by atoms with Gasteiger partial charge in [0.15, 0.2) is 0 Å². The van der Waals surface area contributed by atoms with Gasteiger partial charge in [0.25, 0.3) is 0 Å². The summed E-state index contributed by atoms with van der Waals surface area (Å²) in [5, 5.41) is 3.02. The van der Waals surface area contributed by atoms with Crippen molar-refractivity contribution in [2.45, 2.75) is 33.2 Å². The van der Waals surface area contributed by atoms with E-state index in [1.165, 1.54) is 0 Å². The molecule has 1 N–H and O–H groups in total. The first-order valence-corrected chi connectivity index (χ1v) is 8.71. The fourth-order valence-corrected chi connectivity index (χ4v) is 3.00. The predicted octanol–water partition coefficient (Wildman–Crippen LogP) is 2.26. The molecule has 0 bridgehead atoms. The molecule has 0 unspecified atom stereocenters. The Morgan fingerprint density at radius 3 is 2.50 bits per heavy atom. The summed E-state index contributed by atoms with van der Waals surface area (Å²) in [6.45, 7) is 5.66. The number of hydrogen-bond acceptors (Lipinski definition) is 3. The smallest absolute Gasteiger partial charge is 0.225 e. The second-order valence-corrected chi connectivity index (χ2v) is 7.06. The minimum atomic E-state index is -0.0949. The predicted molar refractivity (Wildman–Crippen MR) is 96.8 cm³/mol. The van der Waals surface area contributed by atoms with Crippen LogP contribution >= 0.6 is 0 Å². The number of rotatable bonds is 5. The number of hydrogen-bond donors (Lipinski definition) is 1. The largest absolute Gasteiger partial charge is 0.378 e. The summed E-state index contributed by atoms with van der Waals surface area (Å²) in [5.74, 6) is 0.0873. The number of anilines is 1. The SMILES string of the molecule is CC(C)C(=O)N1CCC[C@@H](C(=O)NCc2ccc(N(C)C)cc2)C1. The zero-order valence-corrected chi connectivity index (χ0v) is 15.2. The van der Waals surface area contributed by atoms with Crippen molar-refractivity contribution in [3.8, 4) is 0 Å². The number of piperidine rings is 1. The number of carbonyl (C=O) groups is 2. The van der Waals surface area contributed by atoms with Gasteiger partial charge in [-0.2, -0.15) is 0 Å². The summed E-state index contributed by atoms with van der Waals surface area (Å²) in [7, 11) is 4.01. The number of amides is 2. The van der Waals surface area contributed by atoms with Crippen molar-refractivity contribution in [2.24, 2.45) is 11.8 Å². The Labute approximate surface area is 145 Å². The Bertz CT molecular complexity index is 566. The molecule has 2 rings (SSSR count). The topological polar surface area (TPSA) is 52.7 Å². The van der Waals surface area contributed by atoms with E-state index in [1.54, 1.807) is 0 Å². The molecule has 0 aromatic heterocycles. The van der Waals surface area contributed by atoms with E-state index >= 15 is 0 Å². The number of nitrogens with one attached hydrogen (secondary N) is 1. The fraction of sp³-hybridized carbons (Fsp3) is 0.579. The third-order valence-electron chi connectivity index (χ3n) is 4.52. The van der Waals surface area contributed by atoms with Crippen LogP contribution in [-0.2, 0) is 16.1 Å². The summed E-state index contributed by atoms with van der Waals surface area (Å²) in [5.41, 5.74) is 2.22. The first-order chi connectivity index (χ1) is 11.4. The van der Waals surface area contributed by atoms with Gasteiger partial charge in [-0.05, 0) is 30.5 Å². The number of carbonyl (C=O) groups excluding carboxylic acids is 2. The van der Waals surface area contributed by atoms with Crippen molar-refractivity contribution in [3.63, 3.8) is 0 Å². The highest BCUT2D eigenvalue weighted by atomic mass is 16.2. The maximum atomic E-state index is 12.4. The molecule has 1 saturated heterocycles. The highest BCUT2D eigenvalue weighted by molar-refractivity contribution is 5.82. The Hall–Kier alpha value is -2.04. The van der Waals surface area contributed by atoms with Crippen LogP contribution in [0, 0.1) is 11.8 Å². The van der Waals surface area contributed by atoms with Gasteiger partial charge in [-0.3, -0.25) is 9.59 Å². The van der Waals surface area contributed by atoms with E-state index in [0.29, 0.717) is 13.1 Å². The zero-order chi connectivity index (χ0) is 17.7. The molecule has 5 nitrogen and oxygen atoms in total. The molecule has 1 aromatic rings. The summed E-state index contributed by atoms with van der Waals surface area (Å²) in [4.78, 5) is 28.4. The Morgan fingerprint density at radius 1 is 1.25 bits per heavy atom. The van der Waals surface area contributed by atoms with Crippen molar-refractivity contribution < 1.29 is 9.59 Å². The molecule has 0 radical (unpaired) electrons. The molecule has 1 heterocycles. The van der Waals surface area contributed by atoms with Crippen LogP contribution in [0.2, 0.25) is 0 Å². The van der Waals surface area contributed by atoms with Crippen molar-refractivity contribution in [2.75, 3.05) is 32.1 Å². The van der Waals surface area contributed by atoms with Crippen LogP contribution in [0.25, 0.3) is 0 Å². The minimum Gasteiger partial charge on any atom is -0.378 e. The molecule has 5 heteroatoms. The number of nitrogens with zero attached hydrogens (tertiary/aromatic N) is 2. The first-order valence-electron chi connectivity index (χ1n) is 8.71. The molecule has 0 spiro atoms. The zero-order valence-electron chi connectivity index (χ0n) is 15.2. The van der Waals surface area contributed by atoms with Gasteiger partial charge >= 0.3 is 0 Å². The lowest BCUT2D eigenvalue weighted by molar-refractivity contribution is -0.138. The highest BCUT2D eigenvalue weighted by Gasteiger charge is 2.29. The van der Waals surface area contributed by atoms with E-state index in [1.807, 2.05) is 62.0 Å². The summed E-state index contributed by atoms with van der Waals surface area (Å²) in [6.07, 6.45) is 1.75. The third-order valence-corrected chi connectivity index (χ3v) is 4.52. The summed E-state index contributed by atoms with van der Waals surface area (Å²) < 4.78 is 0. The van der Waals surface area contributed by atoms with E-state index in [4.69, 9.17) is 0 Å². The number of likely N-dealkylation sites (tertiary alicyclic amines) is 1. The molecule has 1 fully saturated rings. The normalized spacial score (nSPS) is 17.7.